The molecule has 3 aliphatic carbocycles. The second-order valence-electron chi connectivity index (χ2n) is 13.0. The number of hydrogen-bond donors (Lipinski definition) is 5. The lowest BCUT2D eigenvalue weighted by molar-refractivity contribution is -0.150. The topological polar surface area (TPSA) is 165 Å². The third-order valence-corrected chi connectivity index (χ3v) is 8.52. The molecule has 0 bridgehead atoms. The van der Waals surface area contributed by atoms with E-state index in [0.29, 0.717) is 17.7 Å². The number of primary amides is 1. The number of fused-ring (bicyclic) bond motifs is 3. The fourth-order valence-corrected chi connectivity index (χ4v) is 6.82. The van der Waals surface area contributed by atoms with Gasteiger partial charge >= 0.3 is 0 Å². The zero-order valence-corrected chi connectivity index (χ0v) is 23.8. The third-order valence-electron chi connectivity index (χ3n) is 8.52. The van der Waals surface area contributed by atoms with Gasteiger partial charge in [-0.15, -0.1) is 0 Å². The Morgan fingerprint density at radius 1 is 1.13 bits per heavy atom. The minimum absolute atomic E-state index is 0.0297. The molecule has 10 heteroatoms. The summed E-state index contributed by atoms with van der Waals surface area (Å²) in [4.78, 5) is 43.5. The molecule has 1 aromatic carbocycles. The molecule has 6 N–H and O–H groups in total. The van der Waals surface area contributed by atoms with Gasteiger partial charge in [-0.3, -0.25) is 19.3 Å². The van der Waals surface area contributed by atoms with E-state index in [1.54, 1.807) is 25.9 Å². The largest absolute Gasteiger partial charge is 0.510 e. The molecule has 4 rings (SSSR count). The first-order valence-electron chi connectivity index (χ1n) is 13.0. The average Bonchev–Trinajstić information content (AvgIpc) is 2.76. The zero-order chi connectivity index (χ0) is 29.6. The molecule has 4 atom stereocenters. The number of likely N-dealkylation sites (N-methyl/N-ethyl adjacent to an activating group) is 1. The van der Waals surface area contributed by atoms with E-state index >= 15 is 0 Å². The van der Waals surface area contributed by atoms with Crippen LogP contribution in [0.15, 0.2) is 28.7 Å². The van der Waals surface area contributed by atoms with Crippen molar-refractivity contribution in [3.8, 4) is 5.75 Å². The molecule has 212 valence electrons. The second-order valence-corrected chi connectivity index (χ2v) is 13.0. The highest BCUT2D eigenvalue weighted by molar-refractivity contribution is 6.25. The van der Waals surface area contributed by atoms with E-state index in [-0.39, 0.29) is 29.7 Å². The lowest BCUT2D eigenvalue weighted by Gasteiger charge is -2.53. The maximum Gasteiger partial charge on any atom is 0.255 e. The molecule has 3 aliphatic rings. The average molecular weight is 542 g/mol. The Morgan fingerprint density at radius 2 is 1.72 bits per heavy atom. The molecule has 0 aliphatic heterocycles. The molecule has 0 fully saturated rings. The first kappa shape index (κ1) is 28.8. The summed E-state index contributed by atoms with van der Waals surface area (Å²) in [6.07, 6.45) is 0.268. The Hall–Kier alpha value is -3.21. The van der Waals surface area contributed by atoms with Crippen molar-refractivity contribution < 1.29 is 34.8 Å². The smallest absolute Gasteiger partial charge is 0.255 e. The SMILES string of the molecule is CN(C)Cc1cc(C(C)(C)C)c(O)c2c1C[C@@]1(C)C[C@H]3[C@H](N(C)C)C(O)=C(C(N)=O)C(=O)[C@@]3(O)C(O)=C1C2=O. The third kappa shape index (κ3) is 3.99. The number of hydrogen-bond acceptors (Lipinski definition) is 9. The van der Waals surface area contributed by atoms with Crippen molar-refractivity contribution in [1.29, 1.82) is 0 Å². The lowest BCUT2D eigenvalue weighted by Crippen LogP contribution is -2.65. The minimum atomic E-state index is -2.67. The summed E-state index contributed by atoms with van der Waals surface area (Å²) in [5.41, 5.74) is 2.29. The molecular weight excluding hydrogens is 502 g/mol. The molecule has 0 unspecified atom stereocenters. The van der Waals surface area contributed by atoms with Gasteiger partial charge in [-0.2, -0.15) is 0 Å². The highest BCUT2D eigenvalue weighted by atomic mass is 16.3. The van der Waals surface area contributed by atoms with Gasteiger partial charge in [0.2, 0.25) is 5.78 Å². The standard InChI is InChI=1S/C29H39N3O7/c1-27(2,3)15-9-13(12-31(5)6)14-10-28(4)11-16-20(32(7)8)23(35)18(26(30)38)24(36)29(16,39)25(37)19(28)22(34)17(14)21(15)33/h9,16,20,33,35,37,39H,10-12H2,1-8H3,(H2,30,38)/t16-,20-,28-,29+/m0/s1. The number of aliphatic hydroxyl groups excluding tert-OH is 2. The lowest BCUT2D eigenvalue weighted by atomic mass is 9.53. The van der Waals surface area contributed by atoms with Crippen LogP contribution in [0, 0.1) is 11.3 Å². The fourth-order valence-electron chi connectivity index (χ4n) is 6.82. The number of Topliss-reactive ketones (excluding diaryl/α,β-unsaturated/α-hetero) is 2. The highest BCUT2D eigenvalue weighted by Gasteiger charge is 2.65. The van der Waals surface area contributed by atoms with Crippen LogP contribution in [0.2, 0.25) is 0 Å². The van der Waals surface area contributed by atoms with Crippen LogP contribution >= 0.6 is 0 Å². The van der Waals surface area contributed by atoms with Gasteiger partial charge in [0.05, 0.1) is 11.6 Å². The number of nitrogens with zero attached hydrogens (tertiary/aromatic N) is 2. The van der Waals surface area contributed by atoms with E-state index in [9.17, 15) is 34.8 Å². The van der Waals surface area contributed by atoms with Crippen molar-refractivity contribution in [2.24, 2.45) is 17.1 Å². The summed E-state index contributed by atoms with van der Waals surface area (Å²) in [6.45, 7) is 8.03. The van der Waals surface area contributed by atoms with Crippen LogP contribution in [0.25, 0.3) is 0 Å². The van der Waals surface area contributed by atoms with Gasteiger partial charge in [-0.1, -0.05) is 27.7 Å². The Balaban J connectivity index is 2.05. The number of amides is 1. The van der Waals surface area contributed by atoms with E-state index < -0.39 is 63.0 Å². The number of carbonyl (C=O) groups is 3. The molecular formula is C29H39N3O7. The maximum atomic E-state index is 14.2. The van der Waals surface area contributed by atoms with Crippen LogP contribution in [-0.4, -0.2) is 87.5 Å². The summed E-state index contributed by atoms with van der Waals surface area (Å²) in [6, 6.07) is 0.879. The Labute approximate surface area is 228 Å². The van der Waals surface area contributed by atoms with Gasteiger partial charge < -0.3 is 31.1 Å². The van der Waals surface area contributed by atoms with Crippen LogP contribution < -0.4 is 5.73 Å². The molecule has 1 amide bonds. The number of aliphatic hydroxyl groups is 3. The summed E-state index contributed by atoms with van der Waals surface area (Å²) in [5.74, 6) is -5.90. The summed E-state index contributed by atoms with van der Waals surface area (Å²) in [7, 11) is 7.02. The number of phenolic OH excluding ortho intramolecular Hbond substituents is 1. The minimum Gasteiger partial charge on any atom is -0.510 e. The Kier molecular flexibility index (Phi) is 6.57. The van der Waals surface area contributed by atoms with Crippen molar-refractivity contribution in [2.75, 3.05) is 28.2 Å². The van der Waals surface area contributed by atoms with Crippen LogP contribution in [0.4, 0.5) is 0 Å². The second kappa shape index (κ2) is 8.90. The maximum absolute atomic E-state index is 14.2. The van der Waals surface area contributed by atoms with Crippen LogP contribution in [0.1, 0.15) is 61.2 Å². The van der Waals surface area contributed by atoms with E-state index in [1.807, 2.05) is 45.8 Å². The summed E-state index contributed by atoms with van der Waals surface area (Å²) >= 11 is 0. The van der Waals surface area contributed by atoms with Gasteiger partial charge in [0.1, 0.15) is 22.8 Å². The quantitative estimate of drug-likeness (QED) is 0.358. The number of carbonyl (C=O) groups excluding carboxylic acids is 3. The van der Waals surface area contributed by atoms with E-state index in [0.717, 1.165) is 5.56 Å². The summed E-state index contributed by atoms with van der Waals surface area (Å²) < 4.78 is 0. The van der Waals surface area contributed by atoms with Gasteiger partial charge in [-0.05, 0) is 63.6 Å². The monoisotopic (exact) mass is 541 g/mol. The molecule has 0 saturated heterocycles. The van der Waals surface area contributed by atoms with E-state index in [1.165, 1.54) is 0 Å². The number of allylic oxidation sites excluding steroid dienone is 1. The van der Waals surface area contributed by atoms with Crippen LogP contribution in [0.3, 0.4) is 0 Å². The van der Waals surface area contributed by atoms with Crippen molar-refractivity contribution in [1.82, 2.24) is 9.80 Å². The predicted octanol–water partition coefficient (Wildman–Crippen LogP) is 1.87. The van der Waals surface area contributed by atoms with Crippen molar-refractivity contribution in [3.05, 3.63) is 51.0 Å². The molecule has 0 radical (unpaired) electrons. The normalized spacial score (nSPS) is 29.1. The number of rotatable bonds is 4. The number of aromatic hydroxyl groups is 1. The zero-order valence-electron chi connectivity index (χ0n) is 23.8. The van der Waals surface area contributed by atoms with Crippen LogP contribution in [0.5, 0.6) is 5.75 Å². The molecule has 10 nitrogen and oxygen atoms in total. The first-order chi connectivity index (χ1) is 17.8. The predicted molar refractivity (Wildman–Crippen MR) is 144 cm³/mol. The van der Waals surface area contributed by atoms with E-state index in [2.05, 4.69) is 0 Å². The Bertz CT molecular complexity index is 1370. The van der Waals surface area contributed by atoms with Gasteiger partial charge in [0.15, 0.2) is 11.4 Å². The fraction of sp³-hybridized carbons (Fsp3) is 0.552. The number of benzene rings is 1. The number of nitrogens with two attached hydrogens (primary N) is 1. The first-order valence-corrected chi connectivity index (χ1v) is 13.0. The molecule has 1 aromatic rings. The highest BCUT2D eigenvalue weighted by Crippen LogP contribution is 2.58. The molecule has 0 aromatic heterocycles. The molecule has 39 heavy (non-hydrogen) atoms. The van der Waals surface area contributed by atoms with E-state index in [4.69, 9.17) is 5.73 Å². The van der Waals surface area contributed by atoms with Gasteiger partial charge in [-0.25, -0.2) is 0 Å². The molecule has 0 heterocycles. The number of ketones is 2. The molecule has 0 spiro atoms. The molecule has 0 saturated carbocycles. The van der Waals surface area contributed by atoms with Crippen molar-refractivity contribution >= 4 is 17.5 Å². The summed E-state index contributed by atoms with van der Waals surface area (Å²) in [5, 5.41) is 45.9. The van der Waals surface area contributed by atoms with Gasteiger partial charge in [0.25, 0.3) is 5.91 Å². The van der Waals surface area contributed by atoms with Crippen LogP contribution in [-0.2, 0) is 28.0 Å². The van der Waals surface area contributed by atoms with Crippen molar-refractivity contribution in [3.63, 3.8) is 0 Å². The van der Waals surface area contributed by atoms with Crippen molar-refractivity contribution in [2.45, 2.75) is 64.1 Å². The Morgan fingerprint density at radius 3 is 2.21 bits per heavy atom. The van der Waals surface area contributed by atoms with Gasteiger partial charge in [0, 0.05) is 29.0 Å². The number of phenols is 1.